The number of thioether (sulfide) groups is 1. The fraction of sp³-hybridized carbons (Fsp3) is 0.762. The van der Waals surface area contributed by atoms with Gasteiger partial charge in [-0.15, -0.1) is 5.10 Å². The molecule has 1 aliphatic carbocycles. The van der Waals surface area contributed by atoms with Crippen molar-refractivity contribution in [3.05, 3.63) is 0 Å². The molecule has 0 unspecified atom stereocenters. The molecule has 0 spiro atoms. The zero-order valence-corrected chi connectivity index (χ0v) is 20.1. The lowest BCUT2D eigenvalue weighted by Crippen LogP contribution is -2.30. The van der Waals surface area contributed by atoms with Crippen LogP contribution in [0.1, 0.15) is 59.9 Å². The number of hydrogen-bond donors (Lipinski definition) is 2. The fourth-order valence-corrected chi connectivity index (χ4v) is 5.02. The minimum atomic E-state index is -0.891. The van der Waals surface area contributed by atoms with Crippen molar-refractivity contribution in [1.29, 1.82) is 0 Å². The van der Waals surface area contributed by atoms with E-state index in [1.165, 1.54) is 0 Å². The molecule has 0 radical (unpaired) electrons. The van der Waals surface area contributed by atoms with Gasteiger partial charge in [0.1, 0.15) is 12.2 Å². The van der Waals surface area contributed by atoms with Gasteiger partial charge in [-0.25, -0.2) is 14.6 Å². The molecule has 3 heterocycles. The fourth-order valence-electron chi connectivity index (χ4n) is 4.33. The van der Waals surface area contributed by atoms with Gasteiger partial charge in [-0.1, -0.05) is 37.7 Å². The van der Waals surface area contributed by atoms with Crippen molar-refractivity contribution < 1.29 is 19.4 Å². The average molecular weight is 465 g/mol. The van der Waals surface area contributed by atoms with Gasteiger partial charge >= 0.3 is 5.97 Å². The summed E-state index contributed by atoms with van der Waals surface area (Å²) in [5.41, 5.74) is 1.18. The first-order chi connectivity index (χ1) is 15.2. The normalized spacial score (nSPS) is 26.7. The summed E-state index contributed by atoms with van der Waals surface area (Å²) in [5, 5.41) is 22.6. The summed E-state index contributed by atoms with van der Waals surface area (Å²) in [4.78, 5) is 21.3. The van der Waals surface area contributed by atoms with Gasteiger partial charge in [-0.05, 0) is 39.0 Å². The Morgan fingerprint density at radius 2 is 2.06 bits per heavy atom. The Kier molecular flexibility index (Phi) is 6.60. The Morgan fingerprint density at radius 1 is 1.31 bits per heavy atom. The Balaban J connectivity index is 1.71. The molecule has 2 aliphatic rings. The highest BCUT2D eigenvalue weighted by Gasteiger charge is 2.57. The molecular formula is C21H32N6O4S. The molecule has 11 heteroatoms. The SMILES string of the molecule is CCCSc1nc(NCCC(C)C)c2nnn([C@@H]3C[C@H](C(=O)O)[C@H]4OC(C)(C)O[C@H]43)c2n1. The number of nitrogens with zero attached hydrogens (tertiary/aromatic N) is 5. The molecule has 176 valence electrons. The second-order valence-electron chi connectivity index (χ2n) is 9.33. The highest BCUT2D eigenvalue weighted by molar-refractivity contribution is 7.99. The summed E-state index contributed by atoms with van der Waals surface area (Å²) in [6.07, 6.45) is 1.38. The molecule has 2 N–H and O–H groups in total. The van der Waals surface area contributed by atoms with Crippen LogP contribution in [0.4, 0.5) is 5.82 Å². The molecule has 1 saturated carbocycles. The summed E-state index contributed by atoms with van der Waals surface area (Å²) in [6, 6.07) is -0.338. The van der Waals surface area contributed by atoms with E-state index in [1.807, 2.05) is 0 Å². The van der Waals surface area contributed by atoms with Crippen LogP contribution < -0.4 is 5.32 Å². The van der Waals surface area contributed by atoms with E-state index in [2.05, 4.69) is 41.4 Å². The largest absolute Gasteiger partial charge is 0.481 e. The van der Waals surface area contributed by atoms with Crippen molar-refractivity contribution in [2.45, 2.75) is 83.1 Å². The average Bonchev–Trinajstić information content (AvgIpc) is 3.36. The van der Waals surface area contributed by atoms with Gasteiger partial charge in [0.25, 0.3) is 0 Å². The van der Waals surface area contributed by atoms with Crippen molar-refractivity contribution in [3.63, 3.8) is 0 Å². The van der Waals surface area contributed by atoms with Crippen LogP contribution >= 0.6 is 11.8 Å². The molecule has 1 saturated heterocycles. The molecule has 4 atom stereocenters. The summed E-state index contributed by atoms with van der Waals surface area (Å²) in [6.45, 7) is 10.9. The number of anilines is 1. The Hall–Kier alpha value is -1.98. The summed E-state index contributed by atoms with van der Waals surface area (Å²) in [7, 11) is 0. The molecule has 4 rings (SSSR count). The molecule has 32 heavy (non-hydrogen) atoms. The lowest BCUT2D eigenvalue weighted by molar-refractivity contribution is -0.168. The number of rotatable bonds is 9. The van der Waals surface area contributed by atoms with Crippen LogP contribution in [0.3, 0.4) is 0 Å². The van der Waals surface area contributed by atoms with E-state index in [0.717, 1.165) is 25.1 Å². The first kappa shape index (κ1) is 23.2. The number of ether oxygens (including phenoxy) is 2. The van der Waals surface area contributed by atoms with Gasteiger partial charge in [0.2, 0.25) is 0 Å². The number of hydrogen-bond acceptors (Lipinski definition) is 9. The van der Waals surface area contributed by atoms with E-state index in [-0.39, 0.29) is 6.04 Å². The summed E-state index contributed by atoms with van der Waals surface area (Å²) < 4.78 is 13.8. The highest BCUT2D eigenvalue weighted by Crippen LogP contribution is 2.47. The maximum atomic E-state index is 11.9. The third kappa shape index (κ3) is 4.55. The number of carbonyl (C=O) groups is 1. The molecule has 0 aromatic carbocycles. The second kappa shape index (κ2) is 9.11. The van der Waals surface area contributed by atoms with Crippen molar-refractivity contribution in [2.24, 2.45) is 11.8 Å². The van der Waals surface area contributed by atoms with Crippen molar-refractivity contribution in [3.8, 4) is 0 Å². The molecule has 2 fully saturated rings. The van der Waals surface area contributed by atoms with E-state index in [1.54, 1.807) is 30.3 Å². The Labute approximate surface area is 191 Å². The second-order valence-corrected chi connectivity index (χ2v) is 10.4. The lowest BCUT2D eigenvalue weighted by atomic mass is 10.1. The van der Waals surface area contributed by atoms with Crippen LogP contribution in [0.25, 0.3) is 11.2 Å². The van der Waals surface area contributed by atoms with Crippen LogP contribution in [0.5, 0.6) is 0 Å². The van der Waals surface area contributed by atoms with Gasteiger partial charge in [0.15, 0.2) is 27.9 Å². The van der Waals surface area contributed by atoms with Gasteiger partial charge < -0.3 is 19.9 Å². The Morgan fingerprint density at radius 3 is 2.75 bits per heavy atom. The number of nitrogens with one attached hydrogen (secondary N) is 1. The standard InChI is InChI=1S/C21H32N6O4S/c1-6-9-32-20-23-17(22-8-7-11(2)3)14-18(24-20)27(26-25-14)13-10-12(19(28)29)15-16(13)31-21(4,5)30-15/h11-13,15-16H,6-10H2,1-5H3,(H,28,29)(H,22,23,24)/t12-,13+,15+,16-/m0/s1. The minimum Gasteiger partial charge on any atom is -0.481 e. The van der Waals surface area contributed by atoms with Crippen LogP contribution in [-0.2, 0) is 14.3 Å². The smallest absolute Gasteiger partial charge is 0.309 e. The van der Waals surface area contributed by atoms with E-state index in [4.69, 9.17) is 14.5 Å². The van der Waals surface area contributed by atoms with Crippen molar-refractivity contribution in [1.82, 2.24) is 25.0 Å². The van der Waals surface area contributed by atoms with E-state index in [0.29, 0.717) is 34.5 Å². The maximum Gasteiger partial charge on any atom is 0.309 e. The third-order valence-corrected chi connectivity index (χ3v) is 6.87. The summed E-state index contributed by atoms with van der Waals surface area (Å²) in [5.74, 6) is -0.287. The van der Waals surface area contributed by atoms with Crippen LogP contribution in [0, 0.1) is 11.8 Å². The molecule has 0 amide bonds. The first-order valence-electron chi connectivity index (χ1n) is 11.3. The molecule has 0 bridgehead atoms. The molecule has 1 aliphatic heterocycles. The molecular weight excluding hydrogens is 432 g/mol. The van der Waals surface area contributed by atoms with Crippen LogP contribution in [0.15, 0.2) is 5.16 Å². The van der Waals surface area contributed by atoms with Crippen molar-refractivity contribution >= 4 is 34.7 Å². The molecule has 10 nitrogen and oxygen atoms in total. The quantitative estimate of drug-likeness (QED) is 0.421. The monoisotopic (exact) mass is 464 g/mol. The van der Waals surface area contributed by atoms with E-state index in [9.17, 15) is 9.90 Å². The molecule has 2 aromatic heterocycles. The predicted octanol–water partition coefficient (Wildman–Crippen LogP) is 3.35. The topological polar surface area (TPSA) is 124 Å². The van der Waals surface area contributed by atoms with Crippen LogP contribution in [-0.4, -0.2) is 66.3 Å². The van der Waals surface area contributed by atoms with Gasteiger partial charge in [0, 0.05) is 12.3 Å². The minimum absolute atomic E-state index is 0.338. The number of fused-ring (bicyclic) bond motifs is 2. The van der Waals surface area contributed by atoms with E-state index < -0.39 is 29.9 Å². The van der Waals surface area contributed by atoms with Gasteiger partial charge in [-0.3, -0.25) is 4.79 Å². The van der Waals surface area contributed by atoms with Gasteiger partial charge in [0.05, 0.1) is 12.0 Å². The zero-order chi connectivity index (χ0) is 23.0. The van der Waals surface area contributed by atoms with Crippen molar-refractivity contribution in [2.75, 3.05) is 17.6 Å². The maximum absolute atomic E-state index is 11.9. The number of carboxylic acids is 1. The lowest BCUT2D eigenvalue weighted by Gasteiger charge is -2.22. The highest BCUT2D eigenvalue weighted by atomic mass is 32.2. The van der Waals surface area contributed by atoms with E-state index >= 15 is 0 Å². The van der Waals surface area contributed by atoms with Gasteiger partial charge in [-0.2, -0.15) is 0 Å². The van der Waals surface area contributed by atoms with Crippen LogP contribution in [0.2, 0.25) is 0 Å². The predicted molar refractivity (Wildman–Crippen MR) is 121 cm³/mol. The number of carboxylic acid groups (broad SMARTS) is 1. The molecule has 2 aromatic rings. The number of aromatic nitrogens is 5. The number of aliphatic carboxylic acids is 1. The zero-order valence-electron chi connectivity index (χ0n) is 19.2. The first-order valence-corrected chi connectivity index (χ1v) is 12.3. The third-order valence-electron chi connectivity index (χ3n) is 5.82. The summed E-state index contributed by atoms with van der Waals surface area (Å²) >= 11 is 1.59. The Bertz CT molecular complexity index is 981.